The molecular weight excluding hydrogens is 144 g/mol. The second-order valence-electron chi connectivity index (χ2n) is 2.59. The summed E-state index contributed by atoms with van der Waals surface area (Å²) in [5, 5.41) is 0. The van der Waals surface area contributed by atoms with E-state index in [-0.39, 0.29) is 12.4 Å². The largest absolute Gasteiger partial charge is 0.379 e. The minimum atomic E-state index is 0.000422. The Bertz CT molecular complexity index is 106. The first-order valence-electron chi connectivity index (χ1n) is 4.21. The fourth-order valence-corrected chi connectivity index (χ4v) is 1.06. The summed E-state index contributed by atoms with van der Waals surface area (Å²) in [7, 11) is 0. The van der Waals surface area contributed by atoms with Gasteiger partial charge in [0.15, 0.2) is 6.29 Å². The third-order valence-corrected chi connectivity index (χ3v) is 1.65. The second kappa shape index (κ2) is 4.70. The van der Waals surface area contributed by atoms with Crippen molar-refractivity contribution < 1.29 is 14.2 Å². The van der Waals surface area contributed by atoms with Crippen LogP contribution in [0.1, 0.15) is 20.3 Å². The molecule has 1 aliphatic heterocycles. The number of rotatable bonds is 4. The van der Waals surface area contributed by atoms with Crippen molar-refractivity contribution in [3.8, 4) is 0 Å². The van der Waals surface area contributed by atoms with Crippen molar-refractivity contribution in [2.24, 2.45) is 0 Å². The van der Waals surface area contributed by atoms with Gasteiger partial charge in [-0.15, -0.1) is 0 Å². The van der Waals surface area contributed by atoms with E-state index in [1.165, 1.54) is 0 Å². The first kappa shape index (κ1) is 8.97. The van der Waals surface area contributed by atoms with E-state index in [4.69, 9.17) is 14.2 Å². The molecule has 1 aliphatic rings. The van der Waals surface area contributed by atoms with Crippen LogP contribution in [-0.2, 0) is 14.2 Å². The van der Waals surface area contributed by atoms with Gasteiger partial charge < -0.3 is 14.2 Å². The minimum Gasteiger partial charge on any atom is -0.379 e. The Labute approximate surface area is 67.6 Å². The van der Waals surface area contributed by atoms with Gasteiger partial charge in [-0.3, -0.25) is 0 Å². The van der Waals surface area contributed by atoms with Crippen LogP contribution in [0.5, 0.6) is 0 Å². The van der Waals surface area contributed by atoms with Gasteiger partial charge in [0.25, 0.3) is 0 Å². The third kappa shape index (κ3) is 2.77. The van der Waals surface area contributed by atoms with Gasteiger partial charge in [0.05, 0.1) is 13.2 Å². The highest BCUT2D eigenvalue weighted by Crippen LogP contribution is 2.13. The molecule has 1 heterocycles. The molecule has 0 N–H and O–H groups in total. The van der Waals surface area contributed by atoms with E-state index >= 15 is 0 Å². The standard InChI is InChI=1S/C8H16O3/c1-3-8-10-6-7(11-8)5-9-4-2/h7-8H,3-6H2,1-2H3. The lowest BCUT2D eigenvalue weighted by Gasteiger charge is -2.08. The smallest absolute Gasteiger partial charge is 0.158 e. The van der Waals surface area contributed by atoms with Crippen LogP contribution in [0.3, 0.4) is 0 Å². The van der Waals surface area contributed by atoms with Crippen molar-refractivity contribution >= 4 is 0 Å². The number of hydrogen-bond acceptors (Lipinski definition) is 3. The Morgan fingerprint density at radius 2 is 2.27 bits per heavy atom. The SMILES string of the molecule is CCOCC1COC(CC)O1. The van der Waals surface area contributed by atoms with Gasteiger partial charge in [-0.05, 0) is 13.3 Å². The van der Waals surface area contributed by atoms with Crippen LogP contribution in [0.25, 0.3) is 0 Å². The average Bonchev–Trinajstić information content (AvgIpc) is 2.48. The molecule has 0 aliphatic carbocycles. The average molecular weight is 160 g/mol. The normalized spacial score (nSPS) is 31.1. The quantitative estimate of drug-likeness (QED) is 0.618. The first-order chi connectivity index (χ1) is 5.36. The lowest BCUT2D eigenvalue weighted by molar-refractivity contribution is -0.0713. The molecule has 2 unspecified atom stereocenters. The van der Waals surface area contributed by atoms with Crippen LogP contribution in [0.15, 0.2) is 0 Å². The van der Waals surface area contributed by atoms with Crippen LogP contribution in [0.4, 0.5) is 0 Å². The summed E-state index contributed by atoms with van der Waals surface area (Å²) in [4.78, 5) is 0. The highest BCUT2D eigenvalue weighted by Gasteiger charge is 2.23. The highest BCUT2D eigenvalue weighted by molar-refractivity contribution is 4.63. The maximum Gasteiger partial charge on any atom is 0.158 e. The van der Waals surface area contributed by atoms with Gasteiger partial charge in [-0.2, -0.15) is 0 Å². The molecule has 11 heavy (non-hydrogen) atoms. The molecule has 1 fully saturated rings. The Morgan fingerprint density at radius 1 is 1.45 bits per heavy atom. The van der Waals surface area contributed by atoms with Crippen molar-refractivity contribution in [1.29, 1.82) is 0 Å². The zero-order valence-corrected chi connectivity index (χ0v) is 7.21. The summed E-state index contributed by atoms with van der Waals surface area (Å²) in [5.41, 5.74) is 0. The van der Waals surface area contributed by atoms with Crippen molar-refractivity contribution in [1.82, 2.24) is 0 Å². The summed E-state index contributed by atoms with van der Waals surface area (Å²) in [5.74, 6) is 0. The molecule has 0 radical (unpaired) electrons. The predicted octanol–water partition coefficient (Wildman–Crippen LogP) is 1.17. The zero-order chi connectivity index (χ0) is 8.10. The summed E-state index contributed by atoms with van der Waals surface area (Å²) >= 11 is 0. The number of hydrogen-bond donors (Lipinski definition) is 0. The van der Waals surface area contributed by atoms with E-state index in [1.807, 2.05) is 13.8 Å². The van der Waals surface area contributed by atoms with E-state index in [1.54, 1.807) is 0 Å². The Kier molecular flexibility index (Phi) is 3.83. The molecule has 1 saturated heterocycles. The second-order valence-corrected chi connectivity index (χ2v) is 2.59. The van der Waals surface area contributed by atoms with Crippen molar-refractivity contribution in [2.75, 3.05) is 19.8 Å². The third-order valence-electron chi connectivity index (χ3n) is 1.65. The summed E-state index contributed by atoms with van der Waals surface area (Å²) < 4.78 is 16.0. The molecule has 0 bridgehead atoms. The van der Waals surface area contributed by atoms with Crippen LogP contribution >= 0.6 is 0 Å². The molecule has 0 amide bonds. The van der Waals surface area contributed by atoms with Crippen LogP contribution in [0.2, 0.25) is 0 Å². The summed E-state index contributed by atoms with van der Waals surface area (Å²) in [6.45, 7) is 6.11. The van der Waals surface area contributed by atoms with Gasteiger partial charge in [0.1, 0.15) is 6.10 Å². The molecule has 0 aromatic carbocycles. The number of ether oxygens (including phenoxy) is 3. The Hall–Kier alpha value is -0.120. The minimum absolute atomic E-state index is 0.000422. The zero-order valence-electron chi connectivity index (χ0n) is 7.21. The lowest BCUT2D eigenvalue weighted by atomic mass is 10.4. The fourth-order valence-electron chi connectivity index (χ4n) is 1.06. The molecule has 66 valence electrons. The van der Waals surface area contributed by atoms with E-state index < -0.39 is 0 Å². The summed E-state index contributed by atoms with van der Waals surface area (Å²) in [6, 6.07) is 0. The van der Waals surface area contributed by atoms with Crippen molar-refractivity contribution in [2.45, 2.75) is 32.7 Å². The van der Waals surface area contributed by atoms with E-state index in [2.05, 4.69) is 0 Å². The van der Waals surface area contributed by atoms with Gasteiger partial charge in [-0.1, -0.05) is 6.92 Å². The molecule has 0 spiro atoms. The molecule has 1 rings (SSSR count). The maximum absolute atomic E-state index is 5.47. The van der Waals surface area contributed by atoms with E-state index in [9.17, 15) is 0 Å². The molecule has 3 nitrogen and oxygen atoms in total. The summed E-state index contributed by atoms with van der Waals surface area (Å²) in [6.07, 6.45) is 1.07. The Morgan fingerprint density at radius 3 is 2.82 bits per heavy atom. The van der Waals surface area contributed by atoms with E-state index in [0.29, 0.717) is 13.2 Å². The molecule has 0 aromatic heterocycles. The van der Waals surface area contributed by atoms with Crippen molar-refractivity contribution in [3.63, 3.8) is 0 Å². The Balaban J connectivity index is 2.09. The van der Waals surface area contributed by atoms with Crippen LogP contribution in [0, 0.1) is 0 Å². The molecule has 0 aromatic rings. The van der Waals surface area contributed by atoms with Crippen molar-refractivity contribution in [3.05, 3.63) is 0 Å². The predicted molar refractivity (Wildman–Crippen MR) is 41.4 cm³/mol. The molecule has 3 heteroatoms. The maximum atomic E-state index is 5.47. The van der Waals surface area contributed by atoms with Gasteiger partial charge >= 0.3 is 0 Å². The van der Waals surface area contributed by atoms with Crippen LogP contribution < -0.4 is 0 Å². The van der Waals surface area contributed by atoms with E-state index in [0.717, 1.165) is 13.0 Å². The lowest BCUT2D eigenvalue weighted by Crippen LogP contribution is -2.18. The van der Waals surface area contributed by atoms with Gasteiger partial charge in [-0.25, -0.2) is 0 Å². The molecule has 2 atom stereocenters. The first-order valence-corrected chi connectivity index (χ1v) is 4.21. The van der Waals surface area contributed by atoms with Gasteiger partial charge in [0.2, 0.25) is 0 Å². The monoisotopic (exact) mass is 160 g/mol. The topological polar surface area (TPSA) is 27.7 Å². The fraction of sp³-hybridized carbons (Fsp3) is 1.00. The molecular formula is C8H16O3. The van der Waals surface area contributed by atoms with Gasteiger partial charge in [0, 0.05) is 6.61 Å². The molecule has 0 saturated carbocycles. The highest BCUT2D eigenvalue weighted by atomic mass is 16.7. The van der Waals surface area contributed by atoms with Crippen LogP contribution in [-0.4, -0.2) is 32.2 Å².